The zero-order valence-corrected chi connectivity index (χ0v) is 15.6. The van der Waals surface area contributed by atoms with E-state index < -0.39 is 5.82 Å². The maximum atomic E-state index is 13.7. The molecule has 0 fully saturated rings. The molecule has 2 amide bonds. The minimum absolute atomic E-state index is 0.153. The Morgan fingerprint density at radius 2 is 2.07 bits per heavy atom. The second kappa shape index (κ2) is 7.91. The standard InChI is InChI=1S/C19H17FN4O3S/c20-12-4-1-2-5-13(12)21-17(25)11-24-8-7-14-16(10-24)28-19(22-14)23-18(26)15-6-3-9-27-15/h1-6,9H,7-8,10-11H2,(H,21,25)(H,22,23,26). The van der Waals surface area contributed by atoms with E-state index in [-0.39, 0.29) is 29.8 Å². The number of nitrogens with zero attached hydrogens (tertiary/aromatic N) is 2. The minimum Gasteiger partial charge on any atom is -0.459 e. The number of hydrogen-bond acceptors (Lipinski definition) is 6. The molecule has 0 saturated carbocycles. The number of furan rings is 1. The highest BCUT2D eigenvalue weighted by atomic mass is 32.1. The summed E-state index contributed by atoms with van der Waals surface area (Å²) < 4.78 is 18.7. The summed E-state index contributed by atoms with van der Waals surface area (Å²) in [7, 11) is 0. The van der Waals surface area contributed by atoms with Crippen LogP contribution in [0.3, 0.4) is 0 Å². The van der Waals surface area contributed by atoms with Crippen molar-refractivity contribution in [2.45, 2.75) is 13.0 Å². The van der Waals surface area contributed by atoms with Crippen LogP contribution in [-0.2, 0) is 17.8 Å². The Morgan fingerprint density at radius 1 is 1.21 bits per heavy atom. The van der Waals surface area contributed by atoms with Gasteiger partial charge in [-0.1, -0.05) is 12.1 Å². The summed E-state index contributed by atoms with van der Waals surface area (Å²) in [5.41, 5.74) is 1.09. The van der Waals surface area contributed by atoms with Gasteiger partial charge in [0.1, 0.15) is 5.82 Å². The van der Waals surface area contributed by atoms with Gasteiger partial charge < -0.3 is 9.73 Å². The van der Waals surface area contributed by atoms with Crippen molar-refractivity contribution in [2.24, 2.45) is 0 Å². The van der Waals surface area contributed by atoms with Crippen LogP contribution in [0.15, 0.2) is 47.1 Å². The second-order valence-corrected chi connectivity index (χ2v) is 7.39. The number of anilines is 2. The zero-order valence-electron chi connectivity index (χ0n) is 14.8. The Bertz CT molecular complexity index is 1000. The van der Waals surface area contributed by atoms with Gasteiger partial charge in [-0.15, -0.1) is 11.3 Å². The lowest BCUT2D eigenvalue weighted by atomic mass is 10.2. The number of fused-ring (bicyclic) bond motifs is 1. The lowest BCUT2D eigenvalue weighted by Crippen LogP contribution is -2.36. The Balaban J connectivity index is 1.35. The third-order valence-corrected chi connectivity index (χ3v) is 5.29. The number of carbonyl (C=O) groups is 2. The summed E-state index contributed by atoms with van der Waals surface area (Å²) in [4.78, 5) is 31.7. The first-order valence-electron chi connectivity index (χ1n) is 8.68. The van der Waals surface area contributed by atoms with Crippen molar-refractivity contribution in [3.63, 3.8) is 0 Å². The van der Waals surface area contributed by atoms with Gasteiger partial charge in [-0.25, -0.2) is 9.37 Å². The molecule has 2 N–H and O–H groups in total. The van der Waals surface area contributed by atoms with Crippen molar-refractivity contribution in [1.29, 1.82) is 0 Å². The van der Waals surface area contributed by atoms with Crippen LogP contribution in [-0.4, -0.2) is 34.8 Å². The summed E-state index contributed by atoms with van der Waals surface area (Å²) in [6, 6.07) is 9.30. The number of thiazole rings is 1. The quantitative estimate of drug-likeness (QED) is 0.687. The summed E-state index contributed by atoms with van der Waals surface area (Å²) in [5.74, 6) is -0.863. The molecular weight excluding hydrogens is 383 g/mol. The Hall–Kier alpha value is -3.04. The summed E-state index contributed by atoms with van der Waals surface area (Å²) >= 11 is 1.38. The van der Waals surface area contributed by atoms with E-state index in [0.29, 0.717) is 24.6 Å². The van der Waals surface area contributed by atoms with Crippen LogP contribution < -0.4 is 10.6 Å². The molecule has 0 saturated heterocycles. The van der Waals surface area contributed by atoms with Gasteiger partial charge in [0, 0.05) is 24.4 Å². The molecule has 0 spiro atoms. The highest BCUT2D eigenvalue weighted by Gasteiger charge is 2.23. The van der Waals surface area contributed by atoms with E-state index in [0.717, 1.165) is 10.6 Å². The fourth-order valence-electron chi connectivity index (χ4n) is 2.96. The third-order valence-electron chi connectivity index (χ3n) is 4.29. The van der Waals surface area contributed by atoms with Crippen LogP contribution in [0.2, 0.25) is 0 Å². The number of nitrogens with one attached hydrogen (secondary N) is 2. The average molecular weight is 400 g/mol. The molecule has 7 nitrogen and oxygen atoms in total. The SMILES string of the molecule is O=C(CN1CCc2nc(NC(=O)c3ccco3)sc2C1)Nc1ccccc1F. The summed E-state index contributed by atoms with van der Waals surface area (Å²) in [6.07, 6.45) is 2.11. The zero-order chi connectivity index (χ0) is 19.5. The number of halogens is 1. The largest absolute Gasteiger partial charge is 0.459 e. The van der Waals surface area contributed by atoms with Crippen LogP contribution in [0.4, 0.5) is 15.2 Å². The van der Waals surface area contributed by atoms with E-state index in [1.54, 1.807) is 24.3 Å². The summed E-state index contributed by atoms with van der Waals surface area (Å²) in [5, 5.41) is 5.83. The van der Waals surface area contributed by atoms with Crippen molar-refractivity contribution in [2.75, 3.05) is 23.7 Å². The maximum absolute atomic E-state index is 13.7. The smallest absolute Gasteiger partial charge is 0.293 e. The fraction of sp³-hybridized carbons (Fsp3) is 0.211. The van der Waals surface area contributed by atoms with Crippen LogP contribution in [0, 0.1) is 5.82 Å². The first kappa shape index (κ1) is 18.3. The maximum Gasteiger partial charge on any atom is 0.293 e. The van der Waals surface area contributed by atoms with E-state index >= 15 is 0 Å². The molecule has 4 rings (SSSR count). The highest BCUT2D eigenvalue weighted by Crippen LogP contribution is 2.28. The van der Waals surface area contributed by atoms with Gasteiger partial charge in [-0.2, -0.15) is 0 Å². The topological polar surface area (TPSA) is 87.5 Å². The molecule has 0 unspecified atom stereocenters. The molecule has 0 radical (unpaired) electrons. The van der Waals surface area contributed by atoms with Crippen LogP contribution in [0.25, 0.3) is 0 Å². The number of benzene rings is 1. The molecule has 3 heterocycles. The lowest BCUT2D eigenvalue weighted by molar-refractivity contribution is -0.117. The van der Waals surface area contributed by atoms with Crippen LogP contribution >= 0.6 is 11.3 Å². The molecule has 2 aromatic heterocycles. The molecule has 0 aliphatic carbocycles. The van der Waals surface area contributed by atoms with E-state index in [9.17, 15) is 14.0 Å². The molecule has 1 aliphatic heterocycles. The molecule has 3 aromatic rings. The van der Waals surface area contributed by atoms with Gasteiger partial charge in [-0.05, 0) is 24.3 Å². The molecule has 28 heavy (non-hydrogen) atoms. The van der Waals surface area contributed by atoms with E-state index in [4.69, 9.17) is 4.42 Å². The van der Waals surface area contributed by atoms with Gasteiger partial charge in [0.25, 0.3) is 5.91 Å². The van der Waals surface area contributed by atoms with E-state index in [1.807, 2.05) is 4.90 Å². The normalized spacial score (nSPS) is 13.8. The summed E-state index contributed by atoms with van der Waals surface area (Å²) in [6.45, 7) is 1.36. The number of hydrogen-bond donors (Lipinski definition) is 2. The van der Waals surface area contributed by atoms with Gasteiger partial charge in [0.2, 0.25) is 5.91 Å². The van der Waals surface area contributed by atoms with Crippen molar-refractivity contribution in [1.82, 2.24) is 9.88 Å². The van der Waals surface area contributed by atoms with Crippen molar-refractivity contribution in [3.05, 3.63) is 64.8 Å². The third kappa shape index (κ3) is 4.10. The highest BCUT2D eigenvalue weighted by molar-refractivity contribution is 7.15. The molecule has 0 atom stereocenters. The molecule has 9 heteroatoms. The van der Waals surface area contributed by atoms with Crippen molar-refractivity contribution < 1.29 is 18.4 Å². The van der Waals surface area contributed by atoms with Crippen molar-refractivity contribution >= 4 is 34.0 Å². The predicted molar refractivity (Wildman–Crippen MR) is 103 cm³/mol. The van der Waals surface area contributed by atoms with Gasteiger partial charge >= 0.3 is 0 Å². The number of carbonyl (C=O) groups excluding carboxylic acids is 2. The Labute approximate surface area is 164 Å². The lowest BCUT2D eigenvalue weighted by Gasteiger charge is -2.25. The first-order valence-corrected chi connectivity index (χ1v) is 9.50. The first-order chi connectivity index (χ1) is 13.6. The second-order valence-electron chi connectivity index (χ2n) is 6.31. The minimum atomic E-state index is -0.462. The fourth-order valence-corrected chi connectivity index (χ4v) is 4.00. The van der Waals surface area contributed by atoms with Gasteiger partial charge in [0.15, 0.2) is 10.9 Å². The molecule has 144 valence electrons. The number of amides is 2. The Morgan fingerprint density at radius 3 is 2.86 bits per heavy atom. The van der Waals surface area contributed by atoms with E-state index in [1.165, 1.54) is 29.7 Å². The van der Waals surface area contributed by atoms with Crippen molar-refractivity contribution in [3.8, 4) is 0 Å². The molecule has 0 bridgehead atoms. The van der Waals surface area contributed by atoms with E-state index in [2.05, 4.69) is 15.6 Å². The predicted octanol–water partition coefficient (Wildman–Crippen LogP) is 3.12. The number of aromatic nitrogens is 1. The van der Waals surface area contributed by atoms with Gasteiger partial charge in [0.05, 0.1) is 24.2 Å². The monoisotopic (exact) mass is 400 g/mol. The molecular formula is C19H17FN4O3S. The number of para-hydroxylation sites is 1. The Kier molecular flexibility index (Phi) is 5.18. The number of rotatable bonds is 5. The molecule has 1 aliphatic rings. The average Bonchev–Trinajstić information content (AvgIpc) is 3.32. The van der Waals surface area contributed by atoms with Crippen LogP contribution in [0.5, 0.6) is 0 Å². The van der Waals surface area contributed by atoms with Crippen LogP contribution in [0.1, 0.15) is 21.1 Å². The molecule has 1 aromatic carbocycles. The van der Waals surface area contributed by atoms with Gasteiger partial charge in [-0.3, -0.25) is 19.8 Å².